The van der Waals surface area contributed by atoms with E-state index >= 15 is 0 Å². The maximum atomic E-state index is 11.0. The van der Waals surface area contributed by atoms with Crippen LogP contribution in [0.2, 0.25) is 0 Å². The molecule has 0 aliphatic rings. The number of nitrogens with zero attached hydrogens (tertiary/aromatic N) is 2. The lowest BCUT2D eigenvalue weighted by Gasteiger charge is -2.09. The second kappa shape index (κ2) is 4.70. The molecule has 0 saturated carbocycles. The standard InChI is InChI=1S/C15H12N2O3/c1-10-9-11(5-6-12(10)15(18)19)20-14-4-2-3-13-16-7-8-17(13)14/h2-9H,1H3,(H,18,19). The molecule has 2 heterocycles. The van der Waals surface area contributed by atoms with Crippen molar-refractivity contribution in [3.05, 3.63) is 59.9 Å². The molecule has 0 amide bonds. The Morgan fingerprint density at radius 3 is 2.90 bits per heavy atom. The molecule has 1 N–H and O–H groups in total. The SMILES string of the molecule is Cc1cc(Oc2cccc3nccn23)ccc1C(=O)O. The van der Waals surface area contributed by atoms with Gasteiger partial charge in [-0.1, -0.05) is 6.07 Å². The quantitative estimate of drug-likeness (QED) is 0.792. The third kappa shape index (κ3) is 2.09. The highest BCUT2D eigenvalue weighted by molar-refractivity contribution is 5.89. The number of rotatable bonds is 3. The van der Waals surface area contributed by atoms with Crippen LogP contribution in [0.25, 0.3) is 5.65 Å². The van der Waals surface area contributed by atoms with Crippen molar-refractivity contribution in [3.63, 3.8) is 0 Å². The fourth-order valence-corrected chi connectivity index (χ4v) is 2.06. The number of aromatic carboxylic acids is 1. The molecule has 3 rings (SSSR count). The van der Waals surface area contributed by atoms with E-state index in [4.69, 9.17) is 9.84 Å². The molecule has 1 aromatic carbocycles. The van der Waals surface area contributed by atoms with E-state index in [1.54, 1.807) is 31.3 Å². The van der Waals surface area contributed by atoms with Gasteiger partial charge in [0.25, 0.3) is 0 Å². The summed E-state index contributed by atoms with van der Waals surface area (Å²) in [5.41, 5.74) is 1.73. The Morgan fingerprint density at radius 1 is 1.30 bits per heavy atom. The van der Waals surface area contributed by atoms with E-state index in [0.717, 1.165) is 5.65 Å². The molecule has 0 saturated heterocycles. The van der Waals surface area contributed by atoms with Crippen molar-refractivity contribution in [3.8, 4) is 11.6 Å². The second-order valence-corrected chi connectivity index (χ2v) is 4.40. The van der Waals surface area contributed by atoms with Crippen LogP contribution < -0.4 is 4.74 Å². The van der Waals surface area contributed by atoms with Crippen molar-refractivity contribution in [1.29, 1.82) is 0 Å². The number of benzene rings is 1. The molecule has 0 aliphatic carbocycles. The first-order valence-electron chi connectivity index (χ1n) is 6.09. The Morgan fingerprint density at radius 2 is 2.15 bits per heavy atom. The molecule has 0 bridgehead atoms. The third-order valence-electron chi connectivity index (χ3n) is 3.04. The van der Waals surface area contributed by atoms with Gasteiger partial charge in [0.2, 0.25) is 5.88 Å². The first-order valence-corrected chi connectivity index (χ1v) is 6.09. The monoisotopic (exact) mass is 268 g/mol. The summed E-state index contributed by atoms with van der Waals surface area (Å²) < 4.78 is 7.62. The molecule has 0 unspecified atom stereocenters. The number of aromatic nitrogens is 2. The summed E-state index contributed by atoms with van der Waals surface area (Å²) in [6, 6.07) is 10.5. The van der Waals surface area contributed by atoms with Crippen molar-refractivity contribution in [1.82, 2.24) is 9.38 Å². The highest BCUT2D eigenvalue weighted by Crippen LogP contribution is 2.24. The van der Waals surface area contributed by atoms with E-state index in [0.29, 0.717) is 17.2 Å². The average molecular weight is 268 g/mol. The molecule has 5 heteroatoms. The van der Waals surface area contributed by atoms with Crippen molar-refractivity contribution < 1.29 is 14.6 Å². The molecular weight excluding hydrogens is 256 g/mol. The minimum atomic E-state index is -0.939. The van der Waals surface area contributed by atoms with Gasteiger partial charge in [0.05, 0.1) is 5.56 Å². The van der Waals surface area contributed by atoms with E-state index in [-0.39, 0.29) is 5.56 Å². The number of pyridine rings is 1. The van der Waals surface area contributed by atoms with Crippen LogP contribution >= 0.6 is 0 Å². The Balaban J connectivity index is 1.97. The zero-order valence-electron chi connectivity index (χ0n) is 10.8. The zero-order valence-corrected chi connectivity index (χ0v) is 10.8. The van der Waals surface area contributed by atoms with Crippen LogP contribution in [0.5, 0.6) is 11.6 Å². The third-order valence-corrected chi connectivity index (χ3v) is 3.04. The predicted molar refractivity (Wildman–Crippen MR) is 73.4 cm³/mol. The lowest BCUT2D eigenvalue weighted by atomic mass is 10.1. The van der Waals surface area contributed by atoms with E-state index in [2.05, 4.69) is 4.98 Å². The van der Waals surface area contributed by atoms with E-state index in [1.807, 2.05) is 28.8 Å². The van der Waals surface area contributed by atoms with E-state index in [9.17, 15) is 4.79 Å². The Kier molecular flexibility index (Phi) is 2.87. The number of hydrogen-bond donors (Lipinski definition) is 1. The maximum absolute atomic E-state index is 11.0. The fraction of sp³-hybridized carbons (Fsp3) is 0.0667. The van der Waals surface area contributed by atoms with Crippen LogP contribution in [-0.2, 0) is 0 Å². The zero-order chi connectivity index (χ0) is 14.1. The van der Waals surface area contributed by atoms with Gasteiger partial charge in [0.1, 0.15) is 11.4 Å². The topological polar surface area (TPSA) is 63.8 Å². The molecule has 0 fully saturated rings. The molecule has 2 aromatic heterocycles. The number of carboxylic acids is 1. The van der Waals surface area contributed by atoms with Crippen LogP contribution in [0.15, 0.2) is 48.8 Å². The Hall–Kier alpha value is -2.82. The summed E-state index contributed by atoms with van der Waals surface area (Å²) in [6.45, 7) is 1.74. The summed E-state index contributed by atoms with van der Waals surface area (Å²) in [7, 11) is 0. The van der Waals surface area contributed by atoms with Crippen LogP contribution in [-0.4, -0.2) is 20.5 Å². The first-order chi connectivity index (χ1) is 9.65. The summed E-state index contributed by atoms with van der Waals surface area (Å²) in [5.74, 6) is 0.280. The second-order valence-electron chi connectivity index (χ2n) is 4.40. The summed E-state index contributed by atoms with van der Waals surface area (Å²) in [6.07, 6.45) is 3.50. The van der Waals surface area contributed by atoms with Crippen molar-refractivity contribution in [2.75, 3.05) is 0 Å². The number of ether oxygens (including phenoxy) is 1. The smallest absolute Gasteiger partial charge is 0.335 e. The van der Waals surface area contributed by atoms with E-state index < -0.39 is 5.97 Å². The molecule has 20 heavy (non-hydrogen) atoms. The number of fused-ring (bicyclic) bond motifs is 1. The van der Waals surface area contributed by atoms with Crippen LogP contribution in [0.4, 0.5) is 0 Å². The molecular formula is C15H12N2O3. The van der Waals surface area contributed by atoms with Crippen LogP contribution in [0.3, 0.4) is 0 Å². The lowest BCUT2D eigenvalue weighted by Crippen LogP contribution is -2.00. The summed E-state index contributed by atoms with van der Waals surface area (Å²) >= 11 is 0. The lowest BCUT2D eigenvalue weighted by molar-refractivity contribution is 0.0696. The van der Waals surface area contributed by atoms with Gasteiger partial charge in [-0.05, 0) is 42.8 Å². The Labute approximate surface area is 115 Å². The normalized spacial score (nSPS) is 10.7. The number of aryl methyl sites for hydroxylation is 1. The van der Waals surface area contributed by atoms with Crippen LogP contribution in [0, 0.1) is 6.92 Å². The van der Waals surface area contributed by atoms with Gasteiger partial charge in [-0.15, -0.1) is 0 Å². The van der Waals surface area contributed by atoms with Gasteiger partial charge < -0.3 is 9.84 Å². The molecule has 100 valence electrons. The van der Waals surface area contributed by atoms with Gasteiger partial charge in [0, 0.05) is 12.4 Å². The highest BCUT2D eigenvalue weighted by atomic mass is 16.5. The summed E-state index contributed by atoms with van der Waals surface area (Å²) in [4.78, 5) is 15.2. The number of carbonyl (C=O) groups is 1. The van der Waals surface area contributed by atoms with Gasteiger partial charge in [-0.25, -0.2) is 9.78 Å². The predicted octanol–water partition coefficient (Wildman–Crippen LogP) is 3.13. The van der Waals surface area contributed by atoms with Crippen molar-refractivity contribution in [2.45, 2.75) is 6.92 Å². The molecule has 5 nitrogen and oxygen atoms in total. The molecule has 0 aliphatic heterocycles. The molecule has 0 radical (unpaired) electrons. The maximum Gasteiger partial charge on any atom is 0.335 e. The van der Waals surface area contributed by atoms with Gasteiger partial charge >= 0.3 is 5.97 Å². The minimum Gasteiger partial charge on any atom is -0.478 e. The molecule has 0 atom stereocenters. The first kappa shape index (κ1) is 12.2. The van der Waals surface area contributed by atoms with Crippen molar-refractivity contribution in [2.24, 2.45) is 0 Å². The largest absolute Gasteiger partial charge is 0.478 e. The molecule has 3 aromatic rings. The van der Waals surface area contributed by atoms with Gasteiger partial charge in [-0.2, -0.15) is 0 Å². The number of carboxylic acid groups (broad SMARTS) is 1. The fourth-order valence-electron chi connectivity index (χ4n) is 2.06. The number of hydrogen-bond acceptors (Lipinski definition) is 3. The highest BCUT2D eigenvalue weighted by Gasteiger charge is 2.09. The minimum absolute atomic E-state index is 0.276. The van der Waals surface area contributed by atoms with E-state index in [1.165, 1.54) is 0 Å². The molecule has 0 spiro atoms. The summed E-state index contributed by atoms with van der Waals surface area (Å²) in [5, 5.41) is 9.01. The average Bonchev–Trinajstić information content (AvgIpc) is 2.87. The van der Waals surface area contributed by atoms with Gasteiger partial charge in [-0.3, -0.25) is 4.40 Å². The Bertz CT molecular complexity index is 793. The number of imidazole rings is 1. The van der Waals surface area contributed by atoms with Crippen LogP contribution in [0.1, 0.15) is 15.9 Å². The van der Waals surface area contributed by atoms with Gasteiger partial charge in [0.15, 0.2) is 0 Å². The van der Waals surface area contributed by atoms with Crippen molar-refractivity contribution >= 4 is 11.6 Å².